The van der Waals surface area contributed by atoms with E-state index in [2.05, 4.69) is 15.0 Å². The SMILES string of the molecule is COc1cc(N2C(=S)N[C@@H](c3ccccn3)[C@H]2c2ccc(-c3ccc([N+](=O)[O-])cc3)o2)ccc1NS(C)(=O)=O. The zero-order valence-corrected chi connectivity index (χ0v) is 22.4. The highest BCUT2D eigenvalue weighted by Gasteiger charge is 2.43. The molecule has 0 radical (unpaired) electrons. The first kappa shape index (κ1) is 26.1. The number of methoxy groups -OCH3 is 1. The van der Waals surface area contributed by atoms with Crippen molar-refractivity contribution in [1.82, 2.24) is 10.3 Å². The molecule has 2 aromatic carbocycles. The molecule has 3 heterocycles. The van der Waals surface area contributed by atoms with Gasteiger partial charge >= 0.3 is 0 Å². The number of nitrogens with zero attached hydrogens (tertiary/aromatic N) is 3. The molecule has 1 aliphatic heterocycles. The van der Waals surface area contributed by atoms with Gasteiger partial charge in [-0.15, -0.1) is 0 Å². The molecule has 0 saturated carbocycles. The molecule has 200 valence electrons. The minimum atomic E-state index is -3.52. The van der Waals surface area contributed by atoms with Gasteiger partial charge in [0.1, 0.15) is 23.3 Å². The van der Waals surface area contributed by atoms with Crippen LogP contribution in [0.2, 0.25) is 0 Å². The van der Waals surface area contributed by atoms with Crippen LogP contribution in [-0.2, 0) is 10.0 Å². The first-order valence-electron chi connectivity index (χ1n) is 11.7. The van der Waals surface area contributed by atoms with Crippen molar-refractivity contribution < 1.29 is 22.5 Å². The predicted molar refractivity (Wildman–Crippen MR) is 150 cm³/mol. The Hall–Kier alpha value is -4.49. The Bertz CT molecular complexity index is 1640. The van der Waals surface area contributed by atoms with Crippen molar-refractivity contribution in [2.24, 2.45) is 0 Å². The van der Waals surface area contributed by atoms with Gasteiger partial charge in [-0.2, -0.15) is 0 Å². The van der Waals surface area contributed by atoms with Gasteiger partial charge < -0.3 is 19.4 Å². The van der Waals surface area contributed by atoms with Gasteiger partial charge in [0, 0.05) is 35.6 Å². The Balaban J connectivity index is 1.57. The molecule has 11 nitrogen and oxygen atoms in total. The van der Waals surface area contributed by atoms with Crippen molar-refractivity contribution in [2.45, 2.75) is 12.1 Å². The van der Waals surface area contributed by atoms with Crippen LogP contribution in [0.15, 0.2) is 83.4 Å². The van der Waals surface area contributed by atoms with Crippen LogP contribution in [-0.4, -0.2) is 36.8 Å². The largest absolute Gasteiger partial charge is 0.494 e. The van der Waals surface area contributed by atoms with E-state index in [1.807, 2.05) is 29.2 Å². The van der Waals surface area contributed by atoms with E-state index >= 15 is 0 Å². The van der Waals surface area contributed by atoms with Crippen molar-refractivity contribution >= 4 is 44.4 Å². The Morgan fingerprint density at radius 2 is 1.90 bits per heavy atom. The summed E-state index contributed by atoms with van der Waals surface area (Å²) in [7, 11) is -2.08. The number of nitrogens with one attached hydrogen (secondary N) is 2. The normalized spacial score (nSPS) is 17.1. The fraction of sp³-hybridized carbons (Fsp3) is 0.154. The van der Waals surface area contributed by atoms with Gasteiger partial charge in [-0.05, 0) is 60.7 Å². The number of ether oxygens (including phenoxy) is 1. The summed E-state index contributed by atoms with van der Waals surface area (Å²) in [6.45, 7) is 0. The van der Waals surface area contributed by atoms with Gasteiger partial charge in [0.15, 0.2) is 5.11 Å². The van der Waals surface area contributed by atoms with E-state index in [9.17, 15) is 18.5 Å². The Morgan fingerprint density at radius 1 is 1.13 bits per heavy atom. The average molecular weight is 566 g/mol. The molecule has 1 saturated heterocycles. The molecule has 0 unspecified atom stereocenters. The fourth-order valence-corrected chi connectivity index (χ4v) is 5.36. The quantitative estimate of drug-likeness (QED) is 0.174. The minimum absolute atomic E-state index is 0.0139. The molecule has 2 atom stereocenters. The average Bonchev–Trinajstić information content (AvgIpc) is 3.53. The number of nitro groups is 1. The molecule has 0 amide bonds. The predicted octanol–water partition coefficient (Wildman–Crippen LogP) is 4.81. The number of nitro benzene ring substituents is 1. The van der Waals surface area contributed by atoms with E-state index in [4.69, 9.17) is 21.4 Å². The molecular formula is C26H23N5O6S2. The van der Waals surface area contributed by atoms with Gasteiger partial charge in [-0.3, -0.25) is 19.8 Å². The summed E-state index contributed by atoms with van der Waals surface area (Å²) in [5.41, 5.74) is 2.33. The third kappa shape index (κ3) is 5.40. The highest BCUT2D eigenvalue weighted by Crippen LogP contribution is 2.44. The van der Waals surface area contributed by atoms with Crippen LogP contribution in [0.4, 0.5) is 17.1 Å². The molecule has 0 spiro atoms. The van der Waals surface area contributed by atoms with Crippen LogP contribution in [0.5, 0.6) is 5.75 Å². The third-order valence-corrected chi connectivity index (χ3v) is 7.04. The van der Waals surface area contributed by atoms with Gasteiger partial charge in [0.25, 0.3) is 5.69 Å². The first-order chi connectivity index (χ1) is 18.6. The molecule has 5 rings (SSSR count). The fourth-order valence-electron chi connectivity index (χ4n) is 4.45. The number of benzene rings is 2. The van der Waals surface area contributed by atoms with E-state index in [-0.39, 0.29) is 17.4 Å². The topological polar surface area (TPSA) is 140 Å². The van der Waals surface area contributed by atoms with Gasteiger partial charge in [-0.1, -0.05) is 6.07 Å². The standard InChI is InChI=1S/C26H23N5O6S2/c1-36-23-15-18(10-11-19(23)29-39(2,34)35)30-25(24(28-26(30)38)20-5-3-4-14-27-20)22-13-12-21(37-22)16-6-8-17(9-7-16)31(32)33/h3-15,24-25,29H,1-2H3,(H,28,38)/t24-,25+/m0/s1. The summed E-state index contributed by atoms with van der Waals surface area (Å²) in [5, 5.41) is 14.8. The number of anilines is 2. The van der Waals surface area contributed by atoms with Gasteiger partial charge in [-0.25, -0.2) is 8.42 Å². The molecule has 2 aromatic heterocycles. The number of aromatic nitrogens is 1. The van der Waals surface area contributed by atoms with Crippen LogP contribution < -0.4 is 19.7 Å². The Labute approximate surface area is 229 Å². The summed E-state index contributed by atoms with van der Waals surface area (Å²) in [6.07, 6.45) is 2.76. The van der Waals surface area contributed by atoms with Crippen molar-refractivity contribution in [1.29, 1.82) is 0 Å². The molecule has 0 aliphatic carbocycles. The van der Waals surface area contributed by atoms with Crippen molar-refractivity contribution in [3.05, 3.63) is 101 Å². The lowest BCUT2D eigenvalue weighted by atomic mass is 10.0. The maximum absolute atomic E-state index is 11.8. The molecule has 0 bridgehead atoms. The highest BCUT2D eigenvalue weighted by molar-refractivity contribution is 7.92. The molecular weight excluding hydrogens is 542 g/mol. The Morgan fingerprint density at radius 3 is 2.54 bits per heavy atom. The smallest absolute Gasteiger partial charge is 0.269 e. The zero-order chi connectivity index (χ0) is 27.7. The van der Waals surface area contributed by atoms with Crippen LogP contribution in [0.3, 0.4) is 0 Å². The molecule has 39 heavy (non-hydrogen) atoms. The zero-order valence-electron chi connectivity index (χ0n) is 20.8. The van der Waals surface area contributed by atoms with Gasteiger partial charge in [0.05, 0.1) is 35.7 Å². The second kappa shape index (κ2) is 10.3. The lowest BCUT2D eigenvalue weighted by molar-refractivity contribution is -0.384. The number of non-ortho nitro benzene ring substituents is 1. The summed E-state index contributed by atoms with van der Waals surface area (Å²) < 4.78 is 37.8. The monoisotopic (exact) mass is 565 g/mol. The second-order valence-electron chi connectivity index (χ2n) is 8.76. The molecule has 1 aliphatic rings. The highest BCUT2D eigenvalue weighted by atomic mass is 32.2. The molecule has 1 fully saturated rings. The van der Waals surface area contributed by atoms with Crippen molar-refractivity contribution in [3.63, 3.8) is 0 Å². The van der Waals surface area contributed by atoms with Crippen LogP contribution in [0.1, 0.15) is 23.5 Å². The van der Waals surface area contributed by atoms with E-state index in [0.29, 0.717) is 33.6 Å². The van der Waals surface area contributed by atoms with Gasteiger partial charge in [0.2, 0.25) is 10.0 Å². The number of rotatable bonds is 8. The second-order valence-corrected chi connectivity index (χ2v) is 10.9. The number of pyridine rings is 1. The molecule has 13 heteroatoms. The molecule has 4 aromatic rings. The summed E-state index contributed by atoms with van der Waals surface area (Å²) in [4.78, 5) is 17.0. The summed E-state index contributed by atoms with van der Waals surface area (Å²) in [6, 6.07) is 19.5. The van der Waals surface area contributed by atoms with E-state index < -0.39 is 21.0 Å². The molecule has 2 N–H and O–H groups in total. The maximum atomic E-state index is 11.8. The van der Waals surface area contributed by atoms with Crippen LogP contribution in [0.25, 0.3) is 11.3 Å². The summed E-state index contributed by atoms with van der Waals surface area (Å²) >= 11 is 5.74. The first-order valence-corrected chi connectivity index (χ1v) is 14.0. The van der Waals surface area contributed by atoms with E-state index in [1.54, 1.807) is 42.6 Å². The lowest BCUT2D eigenvalue weighted by Gasteiger charge is -2.26. The van der Waals surface area contributed by atoms with E-state index in [0.717, 1.165) is 11.9 Å². The number of furan rings is 1. The Kier molecular flexibility index (Phi) is 6.93. The number of hydrogen-bond acceptors (Lipinski definition) is 8. The lowest BCUT2D eigenvalue weighted by Crippen LogP contribution is -2.29. The number of hydrogen-bond donors (Lipinski definition) is 2. The number of thiocarbonyl (C=S) groups is 1. The summed E-state index contributed by atoms with van der Waals surface area (Å²) in [5.74, 6) is 1.41. The van der Waals surface area contributed by atoms with Crippen molar-refractivity contribution in [2.75, 3.05) is 23.0 Å². The number of sulfonamides is 1. The maximum Gasteiger partial charge on any atom is 0.269 e. The van der Waals surface area contributed by atoms with Crippen LogP contribution in [0, 0.1) is 10.1 Å². The minimum Gasteiger partial charge on any atom is -0.494 e. The van der Waals surface area contributed by atoms with E-state index in [1.165, 1.54) is 19.2 Å². The van der Waals surface area contributed by atoms with Crippen molar-refractivity contribution in [3.8, 4) is 17.1 Å². The van der Waals surface area contributed by atoms with Crippen LogP contribution >= 0.6 is 12.2 Å². The third-order valence-electron chi connectivity index (χ3n) is 6.14.